The zero-order chi connectivity index (χ0) is 22.1. The minimum absolute atomic E-state index is 0.105. The van der Waals surface area contributed by atoms with E-state index < -0.39 is 16.6 Å². The monoisotopic (exact) mass is 446 g/mol. The van der Waals surface area contributed by atoms with Crippen molar-refractivity contribution in [2.45, 2.75) is 103 Å². The van der Waals surface area contributed by atoms with Crippen LogP contribution in [0.15, 0.2) is 0 Å². The Morgan fingerprint density at radius 2 is 1.31 bits per heavy atom. The zero-order valence-electron chi connectivity index (χ0n) is 20.2. The molecule has 0 heterocycles. The van der Waals surface area contributed by atoms with Crippen LogP contribution in [0.4, 0.5) is 0 Å². The maximum Gasteiger partial charge on any atom is 0.305 e. The summed E-state index contributed by atoms with van der Waals surface area (Å²) in [5.41, 5.74) is 0. The molecule has 1 saturated carbocycles. The molecular weight excluding hydrogens is 400 g/mol. The van der Waals surface area contributed by atoms with Crippen LogP contribution >= 0.6 is 0 Å². The number of hydrogen-bond acceptors (Lipinski definition) is 5. The number of ether oxygens (including phenoxy) is 2. The van der Waals surface area contributed by atoms with Gasteiger partial charge in [0, 0.05) is 13.7 Å². The van der Waals surface area contributed by atoms with Crippen LogP contribution in [0, 0.1) is 11.8 Å². The normalized spacial score (nSPS) is 25.4. The molecule has 0 saturated heterocycles. The summed E-state index contributed by atoms with van der Waals surface area (Å²) in [6, 6.07) is 0. The number of hydrogen-bond donors (Lipinski definition) is 0. The lowest BCUT2D eigenvalue weighted by molar-refractivity contribution is -0.143. The molecule has 0 spiro atoms. The van der Waals surface area contributed by atoms with Gasteiger partial charge in [-0.05, 0) is 70.4 Å². The Balaban J connectivity index is 2.82. The van der Waals surface area contributed by atoms with E-state index >= 15 is 0 Å². The van der Waals surface area contributed by atoms with Crippen molar-refractivity contribution in [3.8, 4) is 0 Å². The number of carbonyl (C=O) groups is 1. The third-order valence-corrected chi connectivity index (χ3v) is 7.52. The van der Waals surface area contributed by atoms with Gasteiger partial charge >= 0.3 is 5.97 Å². The second-order valence-electron chi connectivity index (χ2n) is 10.4. The van der Waals surface area contributed by atoms with Crippen LogP contribution in [0.5, 0.6) is 0 Å². The molecule has 1 fully saturated rings. The third-order valence-electron chi connectivity index (χ3n) is 5.50. The van der Waals surface area contributed by atoms with E-state index in [0.717, 1.165) is 25.9 Å². The van der Waals surface area contributed by atoms with Crippen molar-refractivity contribution in [1.82, 2.24) is 0 Å². The second-order valence-corrected chi connectivity index (χ2v) is 19.4. The first-order chi connectivity index (χ1) is 13.5. The Bertz CT molecular complexity index is 473. The average molecular weight is 447 g/mol. The summed E-state index contributed by atoms with van der Waals surface area (Å²) in [6.45, 7) is 14.3. The Kier molecular flexibility index (Phi) is 11.6. The molecule has 0 aromatic carbocycles. The fourth-order valence-electron chi connectivity index (χ4n) is 4.42. The van der Waals surface area contributed by atoms with Crippen LogP contribution in [0.3, 0.4) is 0 Å². The second kappa shape index (κ2) is 12.6. The minimum Gasteiger partial charge on any atom is -0.469 e. The molecule has 1 aliphatic carbocycles. The molecule has 0 radical (unpaired) electrons. The Morgan fingerprint density at radius 1 is 0.793 bits per heavy atom. The van der Waals surface area contributed by atoms with Crippen molar-refractivity contribution in [3.05, 3.63) is 0 Å². The highest BCUT2D eigenvalue weighted by molar-refractivity contribution is 6.70. The quantitative estimate of drug-likeness (QED) is 0.197. The van der Waals surface area contributed by atoms with Gasteiger partial charge in [0.15, 0.2) is 16.6 Å². The molecule has 5 nitrogen and oxygen atoms in total. The predicted octanol–water partition coefficient (Wildman–Crippen LogP) is 5.61. The Morgan fingerprint density at radius 3 is 1.83 bits per heavy atom. The van der Waals surface area contributed by atoms with Gasteiger partial charge in [0.1, 0.15) is 0 Å². The summed E-state index contributed by atoms with van der Waals surface area (Å²) in [5, 5.41) is 0. The molecule has 1 aliphatic rings. The number of methoxy groups -OCH3 is 2. The standard InChI is InChI=1S/C22H46O5Si2/c1-24-15-13-11-9-10-12-14-18-19(16-22(23)25-2)21(27-29(6,7)8)17-20(18)26-28(3,4)5/h18-21H,9-17H2,1-8H3/t18-,19-,20-,21-/m0/s1. The first-order valence-corrected chi connectivity index (χ1v) is 18.2. The van der Waals surface area contributed by atoms with Crippen molar-refractivity contribution >= 4 is 22.6 Å². The van der Waals surface area contributed by atoms with Crippen LogP contribution in [-0.4, -0.2) is 55.6 Å². The van der Waals surface area contributed by atoms with Crippen LogP contribution in [-0.2, 0) is 23.1 Å². The third kappa shape index (κ3) is 11.1. The van der Waals surface area contributed by atoms with Crippen LogP contribution in [0.1, 0.15) is 51.4 Å². The molecule has 0 bridgehead atoms. The lowest BCUT2D eigenvalue weighted by atomic mass is 9.86. The van der Waals surface area contributed by atoms with Crippen LogP contribution in [0.2, 0.25) is 39.3 Å². The zero-order valence-corrected chi connectivity index (χ0v) is 22.2. The predicted molar refractivity (Wildman–Crippen MR) is 124 cm³/mol. The van der Waals surface area contributed by atoms with Gasteiger partial charge < -0.3 is 18.3 Å². The fourth-order valence-corrected chi connectivity index (χ4v) is 6.78. The summed E-state index contributed by atoms with van der Waals surface area (Å²) in [7, 11) is -0.136. The molecule has 7 heteroatoms. The molecule has 0 amide bonds. The molecule has 0 unspecified atom stereocenters. The van der Waals surface area contributed by atoms with Gasteiger partial charge in [-0.15, -0.1) is 0 Å². The SMILES string of the molecule is COCCCCCCC[C@H]1[C@H](CC(=O)OC)[C@@H](O[Si](C)(C)C)C[C@@H]1O[Si](C)(C)C. The molecule has 0 aromatic rings. The van der Waals surface area contributed by atoms with Crippen molar-refractivity contribution in [3.63, 3.8) is 0 Å². The van der Waals surface area contributed by atoms with Crippen molar-refractivity contribution < 1.29 is 23.1 Å². The van der Waals surface area contributed by atoms with E-state index in [0.29, 0.717) is 12.3 Å². The Hall–Kier alpha value is -0.216. The maximum absolute atomic E-state index is 12.2. The number of esters is 1. The van der Waals surface area contributed by atoms with Gasteiger partial charge in [-0.1, -0.05) is 25.7 Å². The van der Waals surface area contributed by atoms with Gasteiger partial charge in [-0.25, -0.2) is 0 Å². The van der Waals surface area contributed by atoms with E-state index in [9.17, 15) is 4.79 Å². The number of rotatable bonds is 14. The van der Waals surface area contributed by atoms with Gasteiger partial charge in [0.2, 0.25) is 0 Å². The summed E-state index contributed by atoms with van der Waals surface area (Å²) in [5.74, 6) is 0.447. The molecular formula is C22H46O5Si2. The maximum atomic E-state index is 12.2. The largest absolute Gasteiger partial charge is 0.469 e. The first-order valence-electron chi connectivity index (χ1n) is 11.4. The molecule has 0 N–H and O–H groups in total. The highest BCUT2D eigenvalue weighted by Gasteiger charge is 2.47. The minimum atomic E-state index is -1.71. The van der Waals surface area contributed by atoms with Gasteiger partial charge in [0.25, 0.3) is 0 Å². The topological polar surface area (TPSA) is 54.0 Å². The fraction of sp³-hybridized carbons (Fsp3) is 0.955. The van der Waals surface area contributed by atoms with Crippen LogP contribution < -0.4 is 0 Å². The van der Waals surface area contributed by atoms with E-state index in [4.69, 9.17) is 18.3 Å². The van der Waals surface area contributed by atoms with Crippen molar-refractivity contribution in [2.75, 3.05) is 20.8 Å². The molecule has 29 heavy (non-hydrogen) atoms. The first kappa shape index (κ1) is 26.8. The average Bonchev–Trinajstić information content (AvgIpc) is 2.86. The summed E-state index contributed by atoms with van der Waals surface area (Å²) in [6.07, 6.45) is 8.77. The molecule has 0 aromatic heterocycles. The number of unbranched alkanes of at least 4 members (excludes halogenated alkanes) is 4. The smallest absolute Gasteiger partial charge is 0.305 e. The van der Waals surface area contributed by atoms with E-state index in [2.05, 4.69) is 39.3 Å². The lowest BCUT2D eigenvalue weighted by Gasteiger charge is -2.31. The lowest BCUT2D eigenvalue weighted by Crippen LogP contribution is -2.36. The van der Waals surface area contributed by atoms with Gasteiger partial charge in [0.05, 0.1) is 25.7 Å². The highest BCUT2D eigenvalue weighted by atomic mass is 28.4. The summed E-state index contributed by atoms with van der Waals surface area (Å²) >= 11 is 0. The summed E-state index contributed by atoms with van der Waals surface area (Å²) in [4.78, 5) is 12.2. The molecule has 1 rings (SSSR count). The summed E-state index contributed by atoms with van der Waals surface area (Å²) < 4.78 is 23.3. The molecule has 172 valence electrons. The van der Waals surface area contributed by atoms with Gasteiger partial charge in [-0.3, -0.25) is 4.79 Å². The van der Waals surface area contributed by atoms with E-state index in [-0.39, 0.29) is 24.1 Å². The Labute approximate surface area is 181 Å². The van der Waals surface area contributed by atoms with E-state index in [1.54, 1.807) is 7.11 Å². The number of carbonyl (C=O) groups excluding carboxylic acids is 1. The van der Waals surface area contributed by atoms with E-state index in [1.165, 1.54) is 32.8 Å². The van der Waals surface area contributed by atoms with Gasteiger partial charge in [-0.2, -0.15) is 0 Å². The molecule has 4 atom stereocenters. The molecule has 0 aliphatic heterocycles. The van der Waals surface area contributed by atoms with Crippen LogP contribution in [0.25, 0.3) is 0 Å². The van der Waals surface area contributed by atoms with E-state index in [1.807, 2.05) is 0 Å². The van der Waals surface area contributed by atoms with Crippen molar-refractivity contribution in [1.29, 1.82) is 0 Å². The van der Waals surface area contributed by atoms with Crippen molar-refractivity contribution in [2.24, 2.45) is 11.8 Å². The highest BCUT2D eigenvalue weighted by Crippen LogP contribution is 2.43.